The van der Waals surface area contributed by atoms with Crippen molar-refractivity contribution >= 4 is 10.0 Å². The highest BCUT2D eigenvalue weighted by Gasteiger charge is 2.25. The molecule has 7 heteroatoms. The van der Waals surface area contributed by atoms with Gasteiger partial charge in [-0.15, -0.1) is 0 Å². The van der Waals surface area contributed by atoms with Gasteiger partial charge in [0, 0.05) is 6.04 Å². The lowest BCUT2D eigenvalue weighted by molar-refractivity contribution is 0.509. The van der Waals surface area contributed by atoms with Gasteiger partial charge in [-0.05, 0) is 36.8 Å². The van der Waals surface area contributed by atoms with E-state index in [4.69, 9.17) is 0 Å². The van der Waals surface area contributed by atoms with Gasteiger partial charge in [-0.3, -0.25) is 0 Å². The molecule has 112 valence electrons. The van der Waals surface area contributed by atoms with Gasteiger partial charge in [0.2, 0.25) is 10.0 Å². The van der Waals surface area contributed by atoms with Crippen LogP contribution in [0.3, 0.4) is 0 Å². The molecule has 0 bridgehead atoms. The van der Waals surface area contributed by atoms with Gasteiger partial charge in [0.25, 0.3) is 0 Å². The SMILES string of the molecule is C[C@@H](NS(=O)(=O)c1c(F)cccc1F)c1ccc(F)cc1. The van der Waals surface area contributed by atoms with E-state index in [0.29, 0.717) is 5.56 Å². The number of halogens is 3. The second-order valence-electron chi connectivity index (χ2n) is 4.45. The zero-order valence-corrected chi connectivity index (χ0v) is 11.8. The zero-order chi connectivity index (χ0) is 15.6. The molecule has 0 aromatic heterocycles. The second-order valence-corrected chi connectivity index (χ2v) is 6.10. The van der Waals surface area contributed by atoms with Crippen LogP contribution in [-0.4, -0.2) is 8.42 Å². The molecule has 1 atom stereocenters. The van der Waals surface area contributed by atoms with Crippen LogP contribution in [0.25, 0.3) is 0 Å². The molecular weight excluding hydrogens is 303 g/mol. The minimum Gasteiger partial charge on any atom is -0.207 e. The Morgan fingerprint density at radius 1 is 0.952 bits per heavy atom. The van der Waals surface area contributed by atoms with Crippen LogP contribution in [-0.2, 0) is 10.0 Å². The largest absolute Gasteiger partial charge is 0.246 e. The van der Waals surface area contributed by atoms with Crippen molar-refractivity contribution in [3.8, 4) is 0 Å². The van der Waals surface area contributed by atoms with Gasteiger partial charge in [-0.1, -0.05) is 18.2 Å². The number of hydrogen-bond donors (Lipinski definition) is 1. The van der Waals surface area contributed by atoms with Crippen molar-refractivity contribution in [2.45, 2.75) is 17.9 Å². The van der Waals surface area contributed by atoms with E-state index in [9.17, 15) is 21.6 Å². The monoisotopic (exact) mass is 315 g/mol. The summed E-state index contributed by atoms with van der Waals surface area (Å²) in [4.78, 5) is -1.03. The zero-order valence-electron chi connectivity index (χ0n) is 11.0. The summed E-state index contributed by atoms with van der Waals surface area (Å²) in [6, 6.07) is 7.15. The van der Waals surface area contributed by atoms with E-state index >= 15 is 0 Å². The van der Waals surface area contributed by atoms with Crippen molar-refractivity contribution in [1.29, 1.82) is 0 Å². The van der Waals surface area contributed by atoms with Crippen LogP contribution in [0, 0.1) is 17.5 Å². The molecule has 0 spiro atoms. The third kappa shape index (κ3) is 3.43. The van der Waals surface area contributed by atoms with Crippen molar-refractivity contribution in [3.63, 3.8) is 0 Å². The molecule has 0 radical (unpaired) electrons. The van der Waals surface area contributed by atoms with Crippen molar-refractivity contribution in [2.24, 2.45) is 0 Å². The first-order chi connectivity index (χ1) is 9.81. The molecule has 21 heavy (non-hydrogen) atoms. The lowest BCUT2D eigenvalue weighted by Gasteiger charge is -2.15. The molecule has 2 aromatic carbocycles. The summed E-state index contributed by atoms with van der Waals surface area (Å²) in [6.07, 6.45) is 0. The molecule has 0 amide bonds. The van der Waals surface area contributed by atoms with Crippen LogP contribution in [0.15, 0.2) is 47.4 Å². The first-order valence-electron chi connectivity index (χ1n) is 6.03. The Hall–Kier alpha value is -1.86. The highest BCUT2D eigenvalue weighted by atomic mass is 32.2. The van der Waals surface area contributed by atoms with Gasteiger partial charge in [-0.2, -0.15) is 0 Å². The normalized spacial score (nSPS) is 13.1. The van der Waals surface area contributed by atoms with E-state index in [-0.39, 0.29) is 0 Å². The maximum Gasteiger partial charge on any atom is 0.246 e. The molecule has 3 nitrogen and oxygen atoms in total. The lowest BCUT2D eigenvalue weighted by atomic mass is 10.1. The van der Waals surface area contributed by atoms with Crippen LogP contribution in [0.2, 0.25) is 0 Å². The predicted molar refractivity (Wildman–Crippen MR) is 71.5 cm³/mol. The van der Waals surface area contributed by atoms with E-state index in [0.717, 1.165) is 18.2 Å². The summed E-state index contributed by atoms with van der Waals surface area (Å²) >= 11 is 0. The van der Waals surface area contributed by atoms with E-state index in [1.54, 1.807) is 0 Å². The molecule has 0 saturated heterocycles. The van der Waals surface area contributed by atoms with Crippen LogP contribution in [0.5, 0.6) is 0 Å². The Morgan fingerprint density at radius 3 is 2.00 bits per heavy atom. The Kier molecular flexibility index (Phi) is 4.34. The van der Waals surface area contributed by atoms with Crippen molar-refractivity contribution in [1.82, 2.24) is 4.72 Å². The predicted octanol–water partition coefficient (Wildman–Crippen LogP) is 3.14. The molecule has 0 aliphatic rings. The molecule has 1 N–H and O–H groups in total. The lowest BCUT2D eigenvalue weighted by Crippen LogP contribution is -2.28. The van der Waals surface area contributed by atoms with Gasteiger partial charge >= 0.3 is 0 Å². The van der Waals surface area contributed by atoms with Gasteiger partial charge in [0.1, 0.15) is 17.5 Å². The van der Waals surface area contributed by atoms with E-state index in [1.807, 2.05) is 0 Å². The average Bonchev–Trinajstić information content (AvgIpc) is 2.38. The van der Waals surface area contributed by atoms with E-state index < -0.39 is 38.4 Å². The van der Waals surface area contributed by atoms with Gasteiger partial charge < -0.3 is 0 Å². The number of hydrogen-bond acceptors (Lipinski definition) is 2. The Balaban J connectivity index is 2.31. The summed E-state index contributed by atoms with van der Waals surface area (Å²) in [5.74, 6) is -2.81. The molecule has 0 fully saturated rings. The Labute approximate surface area is 120 Å². The highest BCUT2D eigenvalue weighted by Crippen LogP contribution is 2.21. The quantitative estimate of drug-likeness (QED) is 0.942. The third-order valence-electron chi connectivity index (χ3n) is 2.89. The molecule has 0 unspecified atom stereocenters. The van der Waals surface area contributed by atoms with Crippen molar-refractivity contribution in [3.05, 3.63) is 65.5 Å². The molecule has 2 aromatic rings. The molecule has 0 heterocycles. The van der Waals surface area contributed by atoms with Crippen LogP contribution in [0.1, 0.15) is 18.5 Å². The molecule has 0 aliphatic heterocycles. The summed E-state index contributed by atoms with van der Waals surface area (Å²) in [5.41, 5.74) is 0.469. The van der Waals surface area contributed by atoms with Crippen LogP contribution in [0.4, 0.5) is 13.2 Å². The number of rotatable bonds is 4. The fourth-order valence-electron chi connectivity index (χ4n) is 1.85. The summed E-state index contributed by atoms with van der Waals surface area (Å²) < 4.78 is 66.2. The Bertz CT molecular complexity index is 725. The second kappa shape index (κ2) is 5.87. The number of sulfonamides is 1. The molecular formula is C14H12F3NO2S. The summed E-state index contributed by atoms with van der Waals surface area (Å²) in [6.45, 7) is 1.49. The number of benzene rings is 2. The summed E-state index contributed by atoms with van der Waals surface area (Å²) in [7, 11) is -4.37. The van der Waals surface area contributed by atoms with Crippen molar-refractivity contribution in [2.75, 3.05) is 0 Å². The van der Waals surface area contributed by atoms with Crippen molar-refractivity contribution < 1.29 is 21.6 Å². The minimum absolute atomic E-state index is 0.464. The third-order valence-corrected chi connectivity index (χ3v) is 4.48. The summed E-state index contributed by atoms with van der Waals surface area (Å²) in [5, 5.41) is 0. The topological polar surface area (TPSA) is 46.2 Å². The minimum atomic E-state index is -4.37. The molecule has 2 rings (SSSR count). The smallest absolute Gasteiger partial charge is 0.207 e. The van der Waals surface area contributed by atoms with Crippen LogP contribution < -0.4 is 4.72 Å². The fraction of sp³-hybridized carbons (Fsp3) is 0.143. The Morgan fingerprint density at radius 2 is 1.48 bits per heavy atom. The molecule has 0 aliphatic carbocycles. The van der Waals surface area contributed by atoms with Gasteiger partial charge in [0.05, 0.1) is 0 Å². The molecule has 0 saturated carbocycles. The standard InChI is InChI=1S/C14H12F3NO2S/c1-9(10-5-7-11(15)8-6-10)18-21(19,20)14-12(16)3-2-4-13(14)17/h2-9,18H,1H3/t9-/m1/s1. The first-order valence-corrected chi connectivity index (χ1v) is 7.51. The van der Waals surface area contributed by atoms with E-state index in [2.05, 4.69) is 4.72 Å². The maximum atomic E-state index is 13.5. The van der Waals surface area contributed by atoms with Crippen LogP contribution >= 0.6 is 0 Å². The number of nitrogens with one attached hydrogen (secondary N) is 1. The van der Waals surface area contributed by atoms with Gasteiger partial charge in [0.15, 0.2) is 4.90 Å². The first kappa shape index (κ1) is 15.5. The maximum absolute atomic E-state index is 13.5. The van der Waals surface area contributed by atoms with Gasteiger partial charge in [-0.25, -0.2) is 26.3 Å². The fourth-order valence-corrected chi connectivity index (χ4v) is 3.22. The average molecular weight is 315 g/mol. The van der Waals surface area contributed by atoms with E-state index in [1.165, 1.54) is 31.2 Å². The highest BCUT2D eigenvalue weighted by molar-refractivity contribution is 7.89.